The van der Waals surface area contributed by atoms with E-state index in [1.807, 2.05) is 0 Å². The van der Waals surface area contributed by atoms with Crippen molar-refractivity contribution >= 4 is 5.91 Å². The predicted octanol–water partition coefficient (Wildman–Crippen LogP) is 3.55. The lowest BCUT2D eigenvalue weighted by atomic mass is 9.82. The summed E-state index contributed by atoms with van der Waals surface area (Å²) < 4.78 is 38.6. The number of aryl methyl sites for hydroxylation is 1. The second-order valence-corrected chi connectivity index (χ2v) is 7.48. The van der Waals surface area contributed by atoms with E-state index in [1.54, 1.807) is 13.8 Å². The first-order valence-corrected chi connectivity index (χ1v) is 8.36. The molecule has 0 saturated heterocycles. The average Bonchev–Trinajstić information content (AvgIpc) is 2.89. The summed E-state index contributed by atoms with van der Waals surface area (Å²) >= 11 is 0. The van der Waals surface area contributed by atoms with Gasteiger partial charge >= 0.3 is 6.18 Å². The summed E-state index contributed by atoms with van der Waals surface area (Å²) in [6.45, 7) is 7.15. The third-order valence-corrected chi connectivity index (χ3v) is 5.22. The number of alkyl halides is 3. The van der Waals surface area contributed by atoms with Crippen molar-refractivity contribution in [3.8, 4) is 0 Å². The Morgan fingerprint density at radius 2 is 2.04 bits per heavy atom. The predicted molar refractivity (Wildman–Crippen MR) is 85.6 cm³/mol. The number of carbonyl (C=O) groups excluding carboxylic acids is 1. The monoisotopic (exact) mass is 345 g/mol. The normalized spacial score (nSPS) is 20.4. The van der Waals surface area contributed by atoms with Crippen LogP contribution in [0, 0.1) is 25.2 Å². The molecule has 0 spiro atoms. The molecule has 1 aromatic heterocycles. The van der Waals surface area contributed by atoms with Gasteiger partial charge in [-0.3, -0.25) is 9.48 Å². The van der Waals surface area contributed by atoms with E-state index in [0.717, 1.165) is 17.5 Å². The minimum atomic E-state index is -4.32. The van der Waals surface area contributed by atoms with Crippen LogP contribution in [0.25, 0.3) is 0 Å². The number of hydrogen-bond donors (Lipinski definition) is 1. The molecule has 136 valence electrons. The third kappa shape index (κ3) is 4.51. The molecule has 0 bridgehead atoms. The van der Waals surface area contributed by atoms with Gasteiger partial charge in [0.2, 0.25) is 5.91 Å². The van der Waals surface area contributed by atoms with Crippen molar-refractivity contribution in [2.24, 2.45) is 11.3 Å². The minimum Gasteiger partial charge on any atom is -0.356 e. The highest BCUT2D eigenvalue weighted by molar-refractivity contribution is 5.79. The standard InChI is InChI=1S/C17H26F3N3O/c1-11-14(12(2)23(22-11)10-17(18,19)20)8-15(24)21-9-13-6-5-7-16(13,3)4/h13H,5-10H2,1-4H3,(H,21,24). The molecule has 1 fully saturated rings. The van der Waals surface area contributed by atoms with E-state index >= 15 is 0 Å². The molecule has 1 unspecified atom stereocenters. The lowest BCUT2D eigenvalue weighted by molar-refractivity contribution is -0.143. The number of amides is 1. The van der Waals surface area contributed by atoms with Gasteiger partial charge in [0.25, 0.3) is 0 Å². The van der Waals surface area contributed by atoms with Crippen molar-refractivity contribution in [3.63, 3.8) is 0 Å². The van der Waals surface area contributed by atoms with Crippen molar-refractivity contribution in [2.75, 3.05) is 6.54 Å². The Kier molecular flexibility index (Phi) is 5.30. The number of rotatable bonds is 5. The molecule has 2 rings (SSSR count). The van der Waals surface area contributed by atoms with Crippen LogP contribution in [0.1, 0.15) is 50.1 Å². The van der Waals surface area contributed by atoms with Crippen LogP contribution in [0.5, 0.6) is 0 Å². The van der Waals surface area contributed by atoms with Crippen molar-refractivity contribution in [2.45, 2.75) is 66.1 Å². The lowest BCUT2D eigenvalue weighted by Gasteiger charge is -2.27. The van der Waals surface area contributed by atoms with Gasteiger partial charge in [-0.25, -0.2) is 0 Å². The first-order valence-electron chi connectivity index (χ1n) is 8.36. The number of aromatic nitrogens is 2. The van der Waals surface area contributed by atoms with Crippen LogP contribution in [-0.2, 0) is 17.8 Å². The maximum absolute atomic E-state index is 12.6. The topological polar surface area (TPSA) is 46.9 Å². The summed E-state index contributed by atoms with van der Waals surface area (Å²) in [5.74, 6) is 0.298. The van der Waals surface area contributed by atoms with Gasteiger partial charge in [0.05, 0.1) is 12.1 Å². The van der Waals surface area contributed by atoms with Crippen LogP contribution in [-0.4, -0.2) is 28.4 Å². The summed E-state index contributed by atoms with van der Waals surface area (Å²) in [5.41, 5.74) is 1.70. The minimum absolute atomic E-state index is 0.0721. The zero-order valence-electron chi connectivity index (χ0n) is 14.8. The Labute approximate surface area is 140 Å². The number of nitrogens with one attached hydrogen (secondary N) is 1. The molecule has 24 heavy (non-hydrogen) atoms. The van der Waals surface area contributed by atoms with E-state index < -0.39 is 12.7 Å². The molecule has 1 N–H and O–H groups in total. The third-order valence-electron chi connectivity index (χ3n) is 5.22. The Bertz CT molecular complexity index is 605. The van der Waals surface area contributed by atoms with Crippen molar-refractivity contribution < 1.29 is 18.0 Å². The zero-order chi connectivity index (χ0) is 18.1. The molecular weight excluding hydrogens is 319 g/mol. The fourth-order valence-electron chi connectivity index (χ4n) is 3.55. The molecule has 1 aromatic rings. The number of halogens is 3. The molecule has 1 amide bonds. The molecule has 1 saturated carbocycles. The summed E-state index contributed by atoms with van der Waals surface area (Å²) in [6, 6.07) is 0. The maximum atomic E-state index is 12.6. The van der Waals surface area contributed by atoms with Gasteiger partial charge in [-0.05, 0) is 38.0 Å². The lowest BCUT2D eigenvalue weighted by Crippen LogP contribution is -2.34. The Balaban J connectivity index is 1.97. The number of nitrogens with zero attached hydrogens (tertiary/aromatic N) is 2. The van der Waals surface area contributed by atoms with Gasteiger partial charge in [-0.15, -0.1) is 0 Å². The van der Waals surface area contributed by atoms with Crippen molar-refractivity contribution in [3.05, 3.63) is 17.0 Å². The molecule has 7 heteroatoms. The molecule has 1 aliphatic carbocycles. The molecule has 0 aliphatic heterocycles. The van der Waals surface area contributed by atoms with Gasteiger partial charge in [0.15, 0.2) is 0 Å². The molecule has 4 nitrogen and oxygen atoms in total. The van der Waals surface area contributed by atoms with Crippen LogP contribution < -0.4 is 5.32 Å². The molecule has 1 aliphatic rings. The first kappa shape index (κ1) is 18.8. The van der Waals surface area contributed by atoms with E-state index in [0.29, 0.717) is 29.4 Å². The van der Waals surface area contributed by atoms with Crippen LogP contribution in [0.4, 0.5) is 13.2 Å². The van der Waals surface area contributed by atoms with Gasteiger partial charge in [0, 0.05) is 17.8 Å². The Morgan fingerprint density at radius 1 is 1.38 bits per heavy atom. The second kappa shape index (κ2) is 6.76. The van der Waals surface area contributed by atoms with Crippen LogP contribution in [0.15, 0.2) is 0 Å². The molecule has 0 radical (unpaired) electrons. The number of hydrogen-bond acceptors (Lipinski definition) is 2. The first-order chi connectivity index (χ1) is 11.0. The fraction of sp³-hybridized carbons (Fsp3) is 0.765. The second-order valence-electron chi connectivity index (χ2n) is 7.48. The smallest absolute Gasteiger partial charge is 0.356 e. The largest absolute Gasteiger partial charge is 0.408 e. The SMILES string of the molecule is Cc1nn(CC(F)(F)F)c(C)c1CC(=O)NCC1CCCC1(C)C. The van der Waals surface area contributed by atoms with Crippen molar-refractivity contribution in [1.29, 1.82) is 0 Å². The van der Waals surface area contributed by atoms with Gasteiger partial charge in [-0.2, -0.15) is 18.3 Å². The van der Waals surface area contributed by atoms with E-state index in [4.69, 9.17) is 0 Å². The van der Waals surface area contributed by atoms with E-state index in [2.05, 4.69) is 24.3 Å². The summed E-state index contributed by atoms with van der Waals surface area (Å²) in [6.07, 6.45) is -0.805. The van der Waals surface area contributed by atoms with E-state index in [-0.39, 0.29) is 17.7 Å². The summed E-state index contributed by atoms with van der Waals surface area (Å²) in [7, 11) is 0. The van der Waals surface area contributed by atoms with Crippen LogP contribution >= 0.6 is 0 Å². The molecule has 0 aromatic carbocycles. The molecule has 1 heterocycles. The summed E-state index contributed by atoms with van der Waals surface area (Å²) in [5, 5.41) is 6.87. The summed E-state index contributed by atoms with van der Waals surface area (Å²) in [4.78, 5) is 12.2. The quantitative estimate of drug-likeness (QED) is 0.887. The highest BCUT2D eigenvalue weighted by atomic mass is 19.4. The average molecular weight is 345 g/mol. The fourth-order valence-corrected chi connectivity index (χ4v) is 3.55. The molecular formula is C17H26F3N3O. The highest BCUT2D eigenvalue weighted by Crippen LogP contribution is 2.42. The van der Waals surface area contributed by atoms with E-state index in [9.17, 15) is 18.0 Å². The van der Waals surface area contributed by atoms with Gasteiger partial charge < -0.3 is 5.32 Å². The molecule has 1 atom stereocenters. The van der Waals surface area contributed by atoms with E-state index in [1.165, 1.54) is 6.42 Å². The number of carbonyl (C=O) groups is 1. The Hall–Kier alpha value is -1.53. The van der Waals surface area contributed by atoms with Gasteiger partial charge in [-0.1, -0.05) is 20.3 Å². The maximum Gasteiger partial charge on any atom is 0.408 e. The Morgan fingerprint density at radius 3 is 2.58 bits per heavy atom. The zero-order valence-corrected chi connectivity index (χ0v) is 14.8. The van der Waals surface area contributed by atoms with Gasteiger partial charge in [0.1, 0.15) is 6.54 Å². The van der Waals surface area contributed by atoms with Crippen molar-refractivity contribution in [1.82, 2.24) is 15.1 Å². The highest BCUT2D eigenvalue weighted by Gasteiger charge is 2.34. The van der Waals surface area contributed by atoms with Crippen LogP contribution in [0.3, 0.4) is 0 Å². The van der Waals surface area contributed by atoms with Crippen LogP contribution in [0.2, 0.25) is 0 Å².